The highest BCUT2D eigenvalue weighted by atomic mass is 16.5. The zero-order valence-electron chi connectivity index (χ0n) is 29.2. The third-order valence-electron chi connectivity index (χ3n) is 5.78. The lowest BCUT2D eigenvalue weighted by Gasteiger charge is -2.10. The topological polar surface area (TPSA) is 52.6 Å². The zero-order valence-corrected chi connectivity index (χ0v) is 21.2. The van der Waals surface area contributed by atoms with Gasteiger partial charge in [0.25, 0.3) is 0 Å². The molecular weight excluding hydrogens is 448 g/mol. The Balaban J connectivity index is 1.91. The Labute approximate surface area is 226 Å². The third kappa shape index (κ3) is 8.37. The van der Waals surface area contributed by atoms with Crippen LogP contribution in [0.3, 0.4) is 0 Å². The van der Waals surface area contributed by atoms with Crippen molar-refractivity contribution in [2.45, 2.75) is 65.7 Å². The minimum absolute atomic E-state index is 0.000665. The zero-order chi connectivity index (χ0) is 32.7. The molecule has 0 radical (unpaired) electrons. The van der Waals surface area contributed by atoms with Crippen molar-refractivity contribution in [1.82, 2.24) is 0 Å². The molecule has 1 atom stereocenters. The molecule has 0 aliphatic carbocycles. The summed E-state index contributed by atoms with van der Waals surface area (Å²) in [4.78, 5) is 25.3. The molecule has 0 unspecified atom stereocenters. The van der Waals surface area contributed by atoms with Gasteiger partial charge in [-0.3, -0.25) is 0 Å². The van der Waals surface area contributed by atoms with E-state index in [0.717, 1.165) is 32.1 Å². The quantitative estimate of drug-likeness (QED) is 0.136. The molecule has 0 fully saturated rings. The van der Waals surface area contributed by atoms with E-state index in [2.05, 4.69) is 6.92 Å². The van der Waals surface area contributed by atoms with Gasteiger partial charge in [-0.05, 0) is 71.8 Å². The van der Waals surface area contributed by atoms with Gasteiger partial charge in [0.15, 0.2) is 0 Å². The molecule has 0 heterocycles. The number of carbonyl (C=O) groups is 2. The Bertz CT molecular complexity index is 1460. The van der Waals surface area contributed by atoms with Gasteiger partial charge in [0, 0.05) is 0 Å². The number of hydrogen-bond donors (Lipinski definition) is 0. The van der Waals surface area contributed by atoms with E-state index in [1.165, 1.54) is 24.3 Å². The molecule has 0 bridgehead atoms. The van der Waals surface area contributed by atoms with Gasteiger partial charge >= 0.3 is 11.9 Å². The maximum absolute atomic E-state index is 13.0. The Hall–Kier alpha value is -3.40. The molecule has 0 aliphatic rings. The summed E-state index contributed by atoms with van der Waals surface area (Å²) in [5, 5.41) is 0. The standard InChI is InChI=1S/C32H38O4/c1-4-6-7-8-9-10-25-11-13-26(14-12-25)27-15-17-29(18-16-27)32(34)36-30-21-19-28(20-22-30)31(33)35-23-24(3)5-2/h11-22,24H,4-10,23H2,1-3H3/t24-/m0/s1/i11D,12D,13D,14D,15D,16D,17D,18D. The Morgan fingerprint density at radius 1 is 0.778 bits per heavy atom. The molecule has 0 spiro atoms. The van der Waals surface area contributed by atoms with Crippen LogP contribution in [0.1, 0.15) is 96.5 Å². The first kappa shape index (κ1) is 17.9. The normalized spacial score (nSPS) is 14.8. The van der Waals surface area contributed by atoms with Crippen LogP contribution in [0.25, 0.3) is 11.1 Å². The van der Waals surface area contributed by atoms with Gasteiger partial charge in [-0.1, -0.05) is 89.1 Å². The minimum atomic E-state index is -1.17. The summed E-state index contributed by atoms with van der Waals surface area (Å²) >= 11 is 0. The summed E-state index contributed by atoms with van der Waals surface area (Å²) in [7, 11) is 0. The summed E-state index contributed by atoms with van der Waals surface area (Å²) in [5.74, 6) is -1.49. The van der Waals surface area contributed by atoms with Crippen molar-refractivity contribution in [1.29, 1.82) is 0 Å². The van der Waals surface area contributed by atoms with E-state index in [-0.39, 0.29) is 47.0 Å². The first-order chi connectivity index (χ1) is 20.8. The van der Waals surface area contributed by atoms with E-state index in [9.17, 15) is 9.59 Å². The van der Waals surface area contributed by atoms with Crippen molar-refractivity contribution in [3.8, 4) is 16.9 Å². The fourth-order valence-corrected chi connectivity index (χ4v) is 3.27. The number of esters is 2. The van der Waals surface area contributed by atoms with Crippen LogP contribution in [0, 0.1) is 5.92 Å². The number of benzene rings is 3. The average molecular weight is 495 g/mol. The van der Waals surface area contributed by atoms with E-state index >= 15 is 0 Å². The molecule has 3 rings (SSSR count). The van der Waals surface area contributed by atoms with Crippen molar-refractivity contribution in [2.24, 2.45) is 5.92 Å². The van der Waals surface area contributed by atoms with Crippen molar-refractivity contribution in [2.75, 3.05) is 6.61 Å². The van der Waals surface area contributed by atoms with Gasteiger partial charge < -0.3 is 9.47 Å². The van der Waals surface area contributed by atoms with Gasteiger partial charge in [-0.15, -0.1) is 0 Å². The molecule has 0 saturated carbocycles. The highest BCUT2D eigenvalue weighted by Gasteiger charge is 2.12. The molecular formula is C32H38O4. The lowest BCUT2D eigenvalue weighted by Crippen LogP contribution is -2.12. The molecule has 0 N–H and O–H groups in total. The predicted molar refractivity (Wildman–Crippen MR) is 145 cm³/mol. The van der Waals surface area contributed by atoms with Crippen LogP contribution in [-0.4, -0.2) is 18.5 Å². The summed E-state index contributed by atoms with van der Waals surface area (Å²) in [6.07, 6.45) is 5.93. The number of unbranched alkanes of at least 4 members (excludes halogenated alkanes) is 4. The average Bonchev–Trinajstić information content (AvgIpc) is 3.01. The fraction of sp³-hybridized carbons (Fsp3) is 0.375. The molecule has 4 nitrogen and oxygen atoms in total. The summed E-state index contributed by atoms with van der Waals surface area (Å²) in [5.41, 5.74) is -0.958. The van der Waals surface area contributed by atoms with E-state index in [0.29, 0.717) is 12.8 Å². The maximum atomic E-state index is 13.0. The van der Waals surface area contributed by atoms with Crippen molar-refractivity contribution in [3.63, 3.8) is 0 Å². The molecule has 3 aromatic carbocycles. The molecule has 0 aliphatic heterocycles. The minimum Gasteiger partial charge on any atom is -0.462 e. The van der Waals surface area contributed by atoms with Gasteiger partial charge in [0.2, 0.25) is 0 Å². The van der Waals surface area contributed by atoms with Gasteiger partial charge in [-0.2, -0.15) is 0 Å². The highest BCUT2D eigenvalue weighted by molar-refractivity contribution is 5.92. The van der Waals surface area contributed by atoms with Crippen LogP contribution in [-0.2, 0) is 11.2 Å². The first-order valence-corrected chi connectivity index (χ1v) is 12.5. The van der Waals surface area contributed by atoms with Gasteiger partial charge in [0.05, 0.1) is 28.7 Å². The molecule has 0 aromatic heterocycles. The molecule has 190 valence electrons. The molecule has 4 heteroatoms. The number of carbonyl (C=O) groups excluding carboxylic acids is 2. The number of hydrogen-bond acceptors (Lipinski definition) is 4. The van der Waals surface area contributed by atoms with Crippen molar-refractivity contribution < 1.29 is 30.0 Å². The first-order valence-electron chi connectivity index (χ1n) is 16.5. The van der Waals surface area contributed by atoms with E-state index < -0.39 is 59.3 Å². The van der Waals surface area contributed by atoms with Crippen LogP contribution in [0.2, 0.25) is 0 Å². The van der Waals surface area contributed by atoms with E-state index in [1.54, 1.807) is 0 Å². The fourth-order valence-electron chi connectivity index (χ4n) is 3.27. The second-order valence-corrected chi connectivity index (χ2v) is 8.79. The Morgan fingerprint density at radius 2 is 1.39 bits per heavy atom. The Morgan fingerprint density at radius 3 is 2.00 bits per heavy atom. The molecule has 36 heavy (non-hydrogen) atoms. The van der Waals surface area contributed by atoms with E-state index in [1.807, 2.05) is 13.8 Å². The van der Waals surface area contributed by atoms with Crippen molar-refractivity contribution >= 4 is 11.9 Å². The number of ether oxygens (including phenoxy) is 2. The Kier molecular flexibility index (Phi) is 7.09. The van der Waals surface area contributed by atoms with Crippen LogP contribution in [0.5, 0.6) is 5.75 Å². The summed E-state index contributed by atoms with van der Waals surface area (Å²) in [6.45, 7) is 6.31. The van der Waals surface area contributed by atoms with Crippen molar-refractivity contribution in [3.05, 3.63) is 89.3 Å². The predicted octanol–water partition coefficient (Wildman–Crippen LogP) is 8.29. The second-order valence-electron chi connectivity index (χ2n) is 8.79. The maximum Gasteiger partial charge on any atom is 0.343 e. The SMILES string of the molecule is [2H]c1c([2H])c(-c2c([2H])c([2H])c(C(=O)Oc3ccc(C(=O)OC[C@@H](C)CC)cc3)c([2H])c2[2H])c([2H])c([2H])c1CCCCCCC. The van der Waals surface area contributed by atoms with Crippen LogP contribution in [0.4, 0.5) is 0 Å². The third-order valence-corrected chi connectivity index (χ3v) is 5.78. The molecule has 0 amide bonds. The van der Waals surface area contributed by atoms with Crippen LogP contribution >= 0.6 is 0 Å². The van der Waals surface area contributed by atoms with E-state index in [4.69, 9.17) is 20.4 Å². The van der Waals surface area contributed by atoms with Gasteiger partial charge in [-0.25, -0.2) is 9.59 Å². The van der Waals surface area contributed by atoms with Crippen LogP contribution in [0.15, 0.2) is 72.6 Å². The monoisotopic (exact) mass is 494 g/mol. The van der Waals surface area contributed by atoms with Gasteiger partial charge in [0.1, 0.15) is 5.75 Å². The lowest BCUT2D eigenvalue weighted by atomic mass is 10.00. The molecule has 0 saturated heterocycles. The number of rotatable bonds is 13. The lowest BCUT2D eigenvalue weighted by molar-refractivity contribution is 0.0447. The summed E-state index contributed by atoms with van der Waals surface area (Å²) < 4.78 is 78.8. The molecule has 3 aromatic rings. The largest absolute Gasteiger partial charge is 0.462 e. The second kappa shape index (κ2) is 14.2. The highest BCUT2D eigenvalue weighted by Crippen LogP contribution is 2.22. The summed E-state index contributed by atoms with van der Waals surface area (Å²) in [6, 6.07) is 1.12. The van der Waals surface area contributed by atoms with Crippen LogP contribution < -0.4 is 4.74 Å². The smallest absolute Gasteiger partial charge is 0.343 e.